The molecule has 0 N–H and O–H groups in total. The van der Waals surface area contributed by atoms with Crippen molar-refractivity contribution >= 4 is 33.4 Å². The molecule has 0 aliphatic carbocycles. The van der Waals surface area contributed by atoms with Crippen LogP contribution in [0.3, 0.4) is 0 Å². The first-order chi connectivity index (χ1) is 15.0. The van der Waals surface area contributed by atoms with Crippen molar-refractivity contribution in [3.8, 4) is 11.4 Å². The molecule has 2 aliphatic rings. The third-order valence-electron chi connectivity index (χ3n) is 5.33. The minimum Gasteiger partial charge on any atom is -0.337 e. The lowest BCUT2D eigenvalue weighted by Gasteiger charge is -2.19. The Labute approximate surface area is 185 Å². The van der Waals surface area contributed by atoms with E-state index in [9.17, 15) is 9.59 Å². The molecule has 0 saturated carbocycles. The number of fused-ring (bicyclic) bond motifs is 1. The first-order valence-electron chi connectivity index (χ1n) is 9.78. The van der Waals surface area contributed by atoms with E-state index in [4.69, 9.17) is 4.52 Å². The molecule has 31 heavy (non-hydrogen) atoms. The van der Waals surface area contributed by atoms with E-state index in [0.717, 1.165) is 22.0 Å². The van der Waals surface area contributed by atoms with E-state index < -0.39 is 12.1 Å². The number of halogens is 1. The van der Waals surface area contributed by atoms with Gasteiger partial charge in [0.25, 0.3) is 11.8 Å². The molecule has 5 rings (SSSR count). The number of aryl methyl sites for hydroxylation is 1. The lowest BCUT2D eigenvalue weighted by molar-refractivity contribution is -0.123. The van der Waals surface area contributed by atoms with E-state index in [-0.39, 0.29) is 24.2 Å². The van der Waals surface area contributed by atoms with Crippen LogP contribution in [0.4, 0.5) is 5.69 Å². The van der Waals surface area contributed by atoms with Gasteiger partial charge in [-0.3, -0.25) is 14.6 Å². The summed E-state index contributed by atoms with van der Waals surface area (Å²) in [7, 11) is 0. The van der Waals surface area contributed by atoms with Gasteiger partial charge in [0.1, 0.15) is 6.54 Å². The highest BCUT2D eigenvalue weighted by Gasteiger charge is 2.55. The summed E-state index contributed by atoms with van der Waals surface area (Å²) in [5.74, 6) is -0.0337. The fourth-order valence-electron chi connectivity index (χ4n) is 3.66. The largest absolute Gasteiger partial charge is 0.337 e. The molecule has 10 heteroatoms. The molecule has 0 spiro atoms. The molecule has 2 atom stereocenters. The van der Waals surface area contributed by atoms with Crippen LogP contribution < -0.4 is 4.90 Å². The Balaban J connectivity index is 1.34. The van der Waals surface area contributed by atoms with Gasteiger partial charge < -0.3 is 4.52 Å². The number of nitrogens with zero attached hydrogens (tertiary/aromatic N) is 6. The summed E-state index contributed by atoms with van der Waals surface area (Å²) in [5.41, 5.74) is 2.46. The minimum atomic E-state index is -0.868. The van der Waals surface area contributed by atoms with Crippen LogP contribution in [0.25, 0.3) is 11.4 Å². The van der Waals surface area contributed by atoms with Crippen molar-refractivity contribution in [3.63, 3.8) is 0 Å². The lowest BCUT2D eigenvalue weighted by Crippen LogP contribution is -2.39. The van der Waals surface area contributed by atoms with Crippen LogP contribution in [0.15, 0.2) is 67.9 Å². The Hall–Kier alpha value is -3.40. The highest BCUT2D eigenvalue weighted by Crippen LogP contribution is 2.33. The van der Waals surface area contributed by atoms with Gasteiger partial charge in [0.05, 0.1) is 5.69 Å². The Morgan fingerprint density at radius 2 is 1.77 bits per heavy atom. The van der Waals surface area contributed by atoms with Crippen LogP contribution in [0.5, 0.6) is 0 Å². The van der Waals surface area contributed by atoms with Crippen molar-refractivity contribution in [2.75, 3.05) is 4.90 Å². The number of imide groups is 1. The standard InChI is InChI=1S/C21H17BrN6O3/c1-2-12-3-9-15(10-4-12)28-20(29)17-18(21(28)30)27(26-24-17)11-16-23-19(25-31-16)13-5-7-14(22)8-6-13/h3-10,17-18H,2,11H2,1H3. The second-order valence-electron chi connectivity index (χ2n) is 7.24. The van der Waals surface area contributed by atoms with Crippen LogP contribution in [0, 0.1) is 0 Å². The van der Waals surface area contributed by atoms with Gasteiger partial charge in [0.2, 0.25) is 11.7 Å². The van der Waals surface area contributed by atoms with Crippen LogP contribution in [-0.2, 0) is 22.6 Å². The Kier molecular flexibility index (Phi) is 4.85. The third-order valence-corrected chi connectivity index (χ3v) is 5.86. The summed E-state index contributed by atoms with van der Waals surface area (Å²) in [6.45, 7) is 2.12. The molecule has 3 heterocycles. The van der Waals surface area contributed by atoms with Gasteiger partial charge in [-0.1, -0.05) is 45.4 Å². The minimum absolute atomic E-state index is 0.0792. The van der Waals surface area contributed by atoms with Crippen molar-refractivity contribution in [1.82, 2.24) is 15.1 Å². The van der Waals surface area contributed by atoms with Gasteiger partial charge in [-0.2, -0.15) is 10.1 Å². The quantitative estimate of drug-likeness (QED) is 0.517. The second kappa shape index (κ2) is 7.69. The van der Waals surface area contributed by atoms with Gasteiger partial charge in [-0.15, -0.1) is 0 Å². The van der Waals surface area contributed by atoms with E-state index >= 15 is 0 Å². The summed E-state index contributed by atoms with van der Waals surface area (Å²) in [6, 6.07) is 13.2. The summed E-state index contributed by atoms with van der Waals surface area (Å²) in [5, 5.41) is 13.5. The average molecular weight is 481 g/mol. The Morgan fingerprint density at radius 3 is 2.48 bits per heavy atom. The number of benzene rings is 2. The molecule has 0 radical (unpaired) electrons. The van der Waals surface area contributed by atoms with Crippen molar-refractivity contribution in [3.05, 3.63) is 64.5 Å². The average Bonchev–Trinajstić information content (AvgIpc) is 3.47. The van der Waals surface area contributed by atoms with Crippen molar-refractivity contribution < 1.29 is 14.1 Å². The van der Waals surface area contributed by atoms with Gasteiger partial charge in [-0.05, 0) is 48.4 Å². The van der Waals surface area contributed by atoms with E-state index in [0.29, 0.717) is 11.5 Å². The zero-order chi connectivity index (χ0) is 21.5. The van der Waals surface area contributed by atoms with Crippen LogP contribution in [0.2, 0.25) is 0 Å². The summed E-state index contributed by atoms with van der Waals surface area (Å²) >= 11 is 3.39. The van der Waals surface area contributed by atoms with Crippen LogP contribution in [0.1, 0.15) is 18.4 Å². The summed E-state index contributed by atoms with van der Waals surface area (Å²) < 4.78 is 6.28. The van der Waals surface area contributed by atoms with Gasteiger partial charge in [0.15, 0.2) is 12.1 Å². The summed E-state index contributed by atoms with van der Waals surface area (Å²) in [6.07, 6.45) is 0.877. The summed E-state index contributed by atoms with van der Waals surface area (Å²) in [4.78, 5) is 31.5. The number of carbonyl (C=O) groups excluding carboxylic acids is 2. The predicted molar refractivity (Wildman–Crippen MR) is 114 cm³/mol. The number of aromatic nitrogens is 2. The van der Waals surface area contributed by atoms with Crippen molar-refractivity contribution in [2.24, 2.45) is 10.3 Å². The van der Waals surface area contributed by atoms with Gasteiger partial charge in [-0.25, -0.2) is 4.90 Å². The van der Waals surface area contributed by atoms with Gasteiger partial charge >= 0.3 is 0 Å². The molecule has 1 saturated heterocycles. The molecule has 1 fully saturated rings. The molecule has 156 valence electrons. The molecule has 1 aromatic heterocycles. The van der Waals surface area contributed by atoms with Crippen molar-refractivity contribution in [2.45, 2.75) is 32.0 Å². The number of rotatable bonds is 5. The maximum atomic E-state index is 13.1. The zero-order valence-electron chi connectivity index (χ0n) is 16.5. The first-order valence-corrected chi connectivity index (χ1v) is 10.6. The maximum Gasteiger partial charge on any atom is 0.263 e. The fraction of sp³-hybridized carbons (Fsp3) is 0.238. The topological polar surface area (TPSA) is 104 Å². The van der Waals surface area contributed by atoms with Crippen LogP contribution in [-0.4, -0.2) is 39.0 Å². The third kappa shape index (κ3) is 3.42. The monoisotopic (exact) mass is 480 g/mol. The predicted octanol–water partition coefficient (Wildman–Crippen LogP) is 3.55. The highest BCUT2D eigenvalue weighted by atomic mass is 79.9. The van der Waals surface area contributed by atoms with E-state index in [2.05, 4.69) is 36.4 Å². The number of anilines is 1. The van der Waals surface area contributed by atoms with E-state index in [1.807, 2.05) is 43.3 Å². The maximum absolute atomic E-state index is 13.1. The number of hydrogen-bond donors (Lipinski definition) is 0. The number of amides is 2. The molecule has 2 aromatic carbocycles. The molecule has 9 nitrogen and oxygen atoms in total. The lowest BCUT2D eigenvalue weighted by atomic mass is 10.1. The SMILES string of the molecule is CCc1ccc(N2C(=O)C3N=NN(Cc4nc(-c5ccc(Br)cc5)no4)C3C2=O)cc1. The van der Waals surface area contributed by atoms with E-state index in [1.165, 1.54) is 9.91 Å². The highest BCUT2D eigenvalue weighted by molar-refractivity contribution is 9.10. The molecular weight excluding hydrogens is 464 g/mol. The Morgan fingerprint density at radius 1 is 1.03 bits per heavy atom. The van der Waals surface area contributed by atoms with E-state index in [1.54, 1.807) is 12.1 Å². The molecule has 2 unspecified atom stereocenters. The fourth-order valence-corrected chi connectivity index (χ4v) is 3.93. The van der Waals surface area contributed by atoms with Crippen LogP contribution >= 0.6 is 15.9 Å². The second-order valence-corrected chi connectivity index (χ2v) is 8.16. The molecule has 2 aliphatic heterocycles. The molecule has 3 aromatic rings. The Bertz CT molecular complexity index is 1170. The van der Waals surface area contributed by atoms with Gasteiger partial charge in [0, 0.05) is 10.0 Å². The molecule has 0 bridgehead atoms. The molecule has 2 amide bonds. The van der Waals surface area contributed by atoms with Crippen molar-refractivity contribution in [1.29, 1.82) is 0 Å². The normalized spacial score (nSPS) is 20.1. The molecular formula is C21H17BrN6O3. The number of hydrogen-bond acceptors (Lipinski definition) is 8. The smallest absolute Gasteiger partial charge is 0.263 e. The zero-order valence-corrected chi connectivity index (χ0v) is 18.1. The first kappa shape index (κ1) is 19.6. The number of carbonyl (C=O) groups is 2.